The second kappa shape index (κ2) is 5.39. The fraction of sp³-hybridized carbons (Fsp3) is 0.556. The molecule has 1 rings (SSSR count). The van der Waals surface area contributed by atoms with Crippen molar-refractivity contribution in [3.63, 3.8) is 0 Å². The predicted molar refractivity (Wildman–Crippen MR) is 53.7 cm³/mol. The first-order valence-electron chi connectivity index (χ1n) is 4.38. The lowest BCUT2D eigenvalue weighted by Crippen LogP contribution is -2.10. The molecule has 5 heteroatoms. The predicted octanol–water partition coefficient (Wildman–Crippen LogP) is 0.852. The zero-order valence-electron chi connectivity index (χ0n) is 8.70. The van der Waals surface area contributed by atoms with Crippen LogP contribution in [0.15, 0.2) is 6.07 Å². The molecule has 1 aromatic rings. The average Bonchev–Trinajstić information content (AvgIpc) is 2.17. The zero-order valence-corrected chi connectivity index (χ0v) is 8.70. The van der Waals surface area contributed by atoms with Crippen molar-refractivity contribution in [2.75, 3.05) is 32.7 Å². The number of anilines is 1. The Labute approximate surface area is 83.5 Å². The summed E-state index contributed by atoms with van der Waals surface area (Å²) >= 11 is 0. The van der Waals surface area contributed by atoms with E-state index in [1.807, 2.05) is 6.92 Å². The Bertz CT molecular complexity index is 291. The van der Waals surface area contributed by atoms with E-state index in [-0.39, 0.29) is 0 Å². The van der Waals surface area contributed by atoms with Crippen LogP contribution in [-0.2, 0) is 4.74 Å². The number of hydrogen-bond donors (Lipinski definition) is 1. The summed E-state index contributed by atoms with van der Waals surface area (Å²) in [5, 5.41) is 3.03. The van der Waals surface area contributed by atoms with Gasteiger partial charge in [-0.05, 0) is 6.92 Å². The molecule has 0 aromatic carbocycles. The summed E-state index contributed by atoms with van der Waals surface area (Å²) in [4.78, 5) is 8.32. The number of aryl methyl sites for hydroxylation is 1. The first-order chi connectivity index (χ1) is 6.76. The summed E-state index contributed by atoms with van der Waals surface area (Å²) in [6, 6.07) is 1.78. The number of rotatable bonds is 5. The second-order valence-corrected chi connectivity index (χ2v) is 2.79. The number of aromatic nitrogens is 2. The number of nitrogens with one attached hydrogen (secondary N) is 1. The van der Waals surface area contributed by atoms with Gasteiger partial charge in [0.2, 0.25) is 11.8 Å². The van der Waals surface area contributed by atoms with Crippen LogP contribution in [0.3, 0.4) is 0 Å². The summed E-state index contributed by atoms with van der Waals surface area (Å²) in [6.45, 7) is 3.20. The van der Waals surface area contributed by atoms with Crippen molar-refractivity contribution in [3.05, 3.63) is 11.8 Å². The van der Waals surface area contributed by atoms with Crippen molar-refractivity contribution in [3.8, 4) is 5.88 Å². The maximum Gasteiger partial charge on any atom is 0.226 e. The standard InChI is InChI=1S/C9H15N3O2/c1-7-6-8(14-3)12-9(11-7)10-4-5-13-2/h6H,4-5H2,1-3H3,(H,10,11,12). The van der Waals surface area contributed by atoms with Crippen LogP contribution in [-0.4, -0.2) is 37.3 Å². The molecule has 1 heterocycles. The monoisotopic (exact) mass is 197 g/mol. The zero-order chi connectivity index (χ0) is 10.4. The van der Waals surface area contributed by atoms with Crippen molar-refractivity contribution in [2.24, 2.45) is 0 Å². The van der Waals surface area contributed by atoms with E-state index in [2.05, 4.69) is 15.3 Å². The average molecular weight is 197 g/mol. The highest BCUT2D eigenvalue weighted by molar-refractivity contribution is 5.30. The first-order valence-corrected chi connectivity index (χ1v) is 4.38. The lowest BCUT2D eigenvalue weighted by Gasteiger charge is -2.06. The Hall–Kier alpha value is -1.36. The Morgan fingerprint density at radius 3 is 2.79 bits per heavy atom. The van der Waals surface area contributed by atoms with E-state index in [0.717, 1.165) is 5.69 Å². The molecule has 0 radical (unpaired) electrons. The van der Waals surface area contributed by atoms with Crippen molar-refractivity contribution >= 4 is 5.95 Å². The van der Waals surface area contributed by atoms with E-state index in [4.69, 9.17) is 9.47 Å². The normalized spacial score (nSPS) is 9.93. The molecule has 0 fully saturated rings. The molecule has 1 aromatic heterocycles. The van der Waals surface area contributed by atoms with Gasteiger partial charge < -0.3 is 14.8 Å². The van der Waals surface area contributed by atoms with E-state index in [0.29, 0.717) is 25.0 Å². The van der Waals surface area contributed by atoms with Gasteiger partial charge in [0.15, 0.2) is 0 Å². The SMILES string of the molecule is COCCNc1nc(C)cc(OC)n1. The van der Waals surface area contributed by atoms with Gasteiger partial charge >= 0.3 is 0 Å². The molecular weight excluding hydrogens is 182 g/mol. The number of nitrogens with zero attached hydrogens (tertiary/aromatic N) is 2. The van der Waals surface area contributed by atoms with Crippen LogP contribution in [0.2, 0.25) is 0 Å². The highest BCUT2D eigenvalue weighted by Crippen LogP contribution is 2.10. The van der Waals surface area contributed by atoms with Gasteiger partial charge in [-0.25, -0.2) is 4.98 Å². The molecule has 1 N–H and O–H groups in total. The third kappa shape index (κ3) is 3.18. The molecular formula is C9H15N3O2. The lowest BCUT2D eigenvalue weighted by atomic mass is 10.4. The Morgan fingerprint density at radius 2 is 2.14 bits per heavy atom. The molecule has 0 saturated heterocycles. The summed E-state index contributed by atoms with van der Waals surface area (Å²) in [6.07, 6.45) is 0. The van der Waals surface area contributed by atoms with E-state index in [1.54, 1.807) is 20.3 Å². The summed E-state index contributed by atoms with van der Waals surface area (Å²) < 4.78 is 9.92. The van der Waals surface area contributed by atoms with Gasteiger partial charge in [-0.3, -0.25) is 0 Å². The maximum absolute atomic E-state index is 5.02. The van der Waals surface area contributed by atoms with Gasteiger partial charge in [-0.15, -0.1) is 0 Å². The highest BCUT2D eigenvalue weighted by atomic mass is 16.5. The number of methoxy groups -OCH3 is 2. The minimum Gasteiger partial charge on any atom is -0.481 e. The molecule has 5 nitrogen and oxygen atoms in total. The van der Waals surface area contributed by atoms with Gasteiger partial charge in [-0.1, -0.05) is 0 Å². The van der Waals surface area contributed by atoms with Crippen molar-refractivity contribution in [1.29, 1.82) is 0 Å². The number of ether oxygens (including phenoxy) is 2. The summed E-state index contributed by atoms with van der Waals surface area (Å²) in [5.74, 6) is 1.14. The number of hydrogen-bond acceptors (Lipinski definition) is 5. The summed E-state index contributed by atoms with van der Waals surface area (Å²) in [7, 11) is 3.24. The molecule has 0 saturated carbocycles. The lowest BCUT2D eigenvalue weighted by molar-refractivity contribution is 0.210. The third-order valence-corrected chi connectivity index (χ3v) is 1.63. The molecule has 0 spiro atoms. The molecule has 78 valence electrons. The van der Waals surface area contributed by atoms with Crippen LogP contribution in [0.25, 0.3) is 0 Å². The van der Waals surface area contributed by atoms with Crippen LogP contribution in [0.5, 0.6) is 5.88 Å². The molecule has 0 bridgehead atoms. The van der Waals surface area contributed by atoms with E-state index < -0.39 is 0 Å². The Morgan fingerprint density at radius 1 is 1.36 bits per heavy atom. The van der Waals surface area contributed by atoms with Crippen LogP contribution in [0.1, 0.15) is 5.69 Å². The van der Waals surface area contributed by atoms with E-state index >= 15 is 0 Å². The molecule has 0 aliphatic rings. The van der Waals surface area contributed by atoms with Gasteiger partial charge in [0.1, 0.15) is 0 Å². The minimum absolute atomic E-state index is 0.567. The fourth-order valence-corrected chi connectivity index (χ4v) is 0.988. The van der Waals surface area contributed by atoms with Crippen LogP contribution in [0, 0.1) is 6.92 Å². The van der Waals surface area contributed by atoms with Gasteiger partial charge in [0, 0.05) is 25.4 Å². The van der Waals surface area contributed by atoms with E-state index in [1.165, 1.54) is 0 Å². The van der Waals surface area contributed by atoms with Crippen molar-refractivity contribution < 1.29 is 9.47 Å². The Kier molecular flexibility index (Phi) is 4.12. The highest BCUT2D eigenvalue weighted by Gasteiger charge is 2.00. The topological polar surface area (TPSA) is 56.3 Å². The quantitative estimate of drug-likeness (QED) is 0.709. The van der Waals surface area contributed by atoms with Gasteiger partial charge in [0.25, 0.3) is 0 Å². The molecule has 0 atom stereocenters. The molecule has 0 aliphatic heterocycles. The summed E-state index contributed by atoms with van der Waals surface area (Å²) in [5.41, 5.74) is 0.872. The third-order valence-electron chi connectivity index (χ3n) is 1.63. The smallest absolute Gasteiger partial charge is 0.226 e. The Balaban J connectivity index is 2.62. The molecule has 0 unspecified atom stereocenters. The molecule has 0 amide bonds. The van der Waals surface area contributed by atoms with E-state index in [9.17, 15) is 0 Å². The fourth-order valence-electron chi connectivity index (χ4n) is 0.988. The van der Waals surface area contributed by atoms with Crippen molar-refractivity contribution in [1.82, 2.24) is 9.97 Å². The molecule has 14 heavy (non-hydrogen) atoms. The van der Waals surface area contributed by atoms with Crippen LogP contribution < -0.4 is 10.1 Å². The van der Waals surface area contributed by atoms with Gasteiger partial charge in [-0.2, -0.15) is 4.98 Å². The largest absolute Gasteiger partial charge is 0.481 e. The van der Waals surface area contributed by atoms with Gasteiger partial charge in [0.05, 0.1) is 13.7 Å². The minimum atomic E-state index is 0.567. The van der Waals surface area contributed by atoms with Crippen molar-refractivity contribution in [2.45, 2.75) is 6.92 Å². The molecule has 0 aliphatic carbocycles. The first kappa shape index (κ1) is 10.7. The second-order valence-electron chi connectivity index (χ2n) is 2.79. The van der Waals surface area contributed by atoms with Crippen LogP contribution in [0.4, 0.5) is 5.95 Å². The van der Waals surface area contributed by atoms with Crippen LogP contribution >= 0.6 is 0 Å². The maximum atomic E-state index is 5.02.